The average Bonchev–Trinajstić information content (AvgIpc) is 3.11. The van der Waals surface area contributed by atoms with Crippen LogP contribution >= 0.6 is 15.9 Å². The third-order valence-corrected chi connectivity index (χ3v) is 6.36. The Kier molecular flexibility index (Phi) is 4.32. The van der Waals surface area contributed by atoms with Gasteiger partial charge in [0.2, 0.25) is 0 Å². The summed E-state index contributed by atoms with van der Waals surface area (Å²) in [5.41, 5.74) is 5.85. The summed E-state index contributed by atoms with van der Waals surface area (Å²) in [5.74, 6) is 0.909. The number of hydrogen-bond acceptors (Lipinski definition) is 3. The normalized spacial score (nSPS) is 24.2. The second-order valence-corrected chi connectivity index (χ2v) is 8.00. The number of hydrogen-bond donors (Lipinski definition) is 1. The number of halogens is 1. The Hall–Kier alpha value is -1.81. The number of rotatable bonds is 2. The SMILES string of the molecule is COC(=O)c1ccc([C@@H]2Nc3ccc(C)cc3[C@@H]3CCC[C@@H]32)c(Br)c1. The number of aryl methyl sites for hydroxylation is 1. The van der Waals surface area contributed by atoms with E-state index in [0.29, 0.717) is 17.4 Å². The van der Waals surface area contributed by atoms with E-state index in [0.717, 1.165) is 4.47 Å². The number of methoxy groups -OCH3 is 1. The van der Waals surface area contributed by atoms with Gasteiger partial charge in [-0.2, -0.15) is 0 Å². The maximum Gasteiger partial charge on any atom is 0.337 e. The van der Waals surface area contributed by atoms with Crippen LogP contribution in [0.25, 0.3) is 0 Å². The van der Waals surface area contributed by atoms with Crippen molar-refractivity contribution >= 4 is 27.6 Å². The average molecular weight is 400 g/mol. The lowest BCUT2D eigenvalue weighted by Gasteiger charge is -2.38. The summed E-state index contributed by atoms with van der Waals surface area (Å²) in [7, 11) is 1.41. The van der Waals surface area contributed by atoms with Gasteiger partial charge >= 0.3 is 5.97 Å². The fourth-order valence-corrected chi connectivity index (χ4v) is 5.13. The molecule has 3 nitrogen and oxygen atoms in total. The van der Waals surface area contributed by atoms with Crippen LogP contribution in [0.2, 0.25) is 0 Å². The highest BCUT2D eigenvalue weighted by molar-refractivity contribution is 9.10. The van der Waals surface area contributed by atoms with Gasteiger partial charge in [0.15, 0.2) is 0 Å². The molecular weight excluding hydrogens is 378 g/mol. The summed E-state index contributed by atoms with van der Waals surface area (Å²) >= 11 is 3.68. The van der Waals surface area contributed by atoms with Gasteiger partial charge in [0.25, 0.3) is 0 Å². The quantitative estimate of drug-likeness (QED) is 0.668. The first kappa shape index (κ1) is 16.6. The van der Waals surface area contributed by atoms with Crippen molar-refractivity contribution in [1.82, 2.24) is 0 Å². The van der Waals surface area contributed by atoms with Gasteiger partial charge in [-0.25, -0.2) is 4.79 Å². The number of esters is 1. The standard InChI is InChI=1S/C21H22BrNO2/c1-12-6-9-19-17(10-12)14-4-3-5-15(14)20(23-19)16-8-7-13(11-18(16)22)21(24)25-2/h6-11,14-15,20,23H,3-5H2,1-2H3/t14-,15+,20-/m1/s1. The van der Waals surface area contributed by atoms with E-state index in [-0.39, 0.29) is 12.0 Å². The molecule has 1 aliphatic heterocycles. The molecule has 0 saturated heterocycles. The van der Waals surface area contributed by atoms with E-state index in [1.165, 1.54) is 48.8 Å². The van der Waals surface area contributed by atoms with E-state index in [2.05, 4.69) is 52.4 Å². The summed E-state index contributed by atoms with van der Waals surface area (Å²) in [5, 5.41) is 3.77. The van der Waals surface area contributed by atoms with E-state index in [9.17, 15) is 4.79 Å². The highest BCUT2D eigenvalue weighted by Crippen LogP contribution is 2.53. The minimum Gasteiger partial charge on any atom is -0.465 e. The number of carbonyl (C=O) groups is 1. The Morgan fingerprint density at radius 3 is 2.76 bits per heavy atom. The highest BCUT2D eigenvalue weighted by Gasteiger charge is 2.40. The molecule has 0 aromatic heterocycles. The molecule has 1 saturated carbocycles. The van der Waals surface area contributed by atoms with Gasteiger partial charge < -0.3 is 10.1 Å². The van der Waals surface area contributed by atoms with E-state index in [4.69, 9.17) is 4.74 Å². The number of fused-ring (bicyclic) bond motifs is 3. The van der Waals surface area contributed by atoms with Crippen LogP contribution in [-0.4, -0.2) is 13.1 Å². The first-order valence-corrected chi connectivity index (χ1v) is 9.62. The summed E-state index contributed by atoms with van der Waals surface area (Å²) in [4.78, 5) is 11.8. The van der Waals surface area contributed by atoms with Crippen molar-refractivity contribution in [1.29, 1.82) is 0 Å². The summed E-state index contributed by atoms with van der Waals surface area (Å²) < 4.78 is 5.80. The van der Waals surface area contributed by atoms with Gasteiger partial charge in [0, 0.05) is 10.2 Å². The zero-order valence-corrected chi connectivity index (χ0v) is 16.1. The Balaban J connectivity index is 1.73. The first-order chi connectivity index (χ1) is 12.1. The summed E-state index contributed by atoms with van der Waals surface area (Å²) in [6.07, 6.45) is 3.77. The zero-order chi connectivity index (χ0) is 17.6. The Morgan fingerprint density at radius 1 is 1.16 bits per heavy atom. The maximum absolute atomic E-state index is 11.8. The fourth-order valence-electron chi connectivity index (χ4n) is 4.50. The van der Waals surface area contributed by atoms with Crippen LogP contribution in [-0.2, 0) is 4.74 Å². The number of carbonyl (C=O) groups excluding carboxylic acids is 1. The van der Waals surface area contributed by atoms with Gasteiger partial charge in [-0.3, -0.25) is 0 Å². The zero-order valence-electron chi connectivity index (χ0n) is 14.5. The van der Waals surface area contributed by atoms with Gasteiger partial charge in [-0.05, 0) is 60.9 Å². The molecule has 25 heavy (non-hydrogen) atoms. The van der Waals surface area contributed by atoms with Gasteiger partial charge in [0.05, 0.1) is 18.7 Å². The molecule has 2 aromatic rings. The fraction of sp³-hybridized carbons (Fsp3) is 0.381. The van der Waals surface area contributed by atoms with Crippen molar-refractivity contribution in [3.63, 3.8) is 0 Å². The Bertz CT molecular complexity index is 833. The third kappa shape index (κ3) is 2.86. The molecule has 0 radical (unpaired) electrons. The Labute approximate surface area is 156 Å². The minimum atomic E-state index is -0.302. The summed E-state index contributed by atoms with van der Waals surface area (Å²) in [6, 6.07) is 12.8. The van der Waals surface area contributed by atoms with E-state index in [1.807, 2.05) is 12.1 Å². The molecule has 4 rings (SSSR count). The number of ether oxygens (including phenoxy) is 1. The van der Waals surface area contributed by atoms with E-state index >= 15 is 0 Å². The molecule has 130 valence electrons. The molecule has 1 heterocycles. The highest BCUT2D eigenvalue weighted by atomic mass is 79.9. The van der Waals surface area contributed by atoms with Crippen molar-refractivity contribution in [3.8, 4) is 0 Å². The van der Waals surface area contributed by atoms with Crippen LogP contribution < -0.4 is 5.32 Å². The summed E-state index contributed by atoms with van der Waals surface area (Å²) in [6.45, 7) is 2.17. The van der Waals surface area contributed by atoms with E-state index < -0.39 is 0 Å². The molecule has 3 atom stereocenters. The van der Waals surface area contributed by atoms with Crippen molar-refractivity contribution in [2.45, 2.75) is 38.1 Å². The lowest BCUT2D eigenvalue weighted by atomic mass is 9.77. The molecule has 1 N–H and O–H groups in total. The van der Waals surface area contributed by atoms with E-state index in [1.54, 1.807) is 0 Å². The van der Waals surface area contributed by atoms with Crippen molar-refractivity contribution in [2.75, 3.05) is 12.4 Å². The van der Waals surface area contributed by atoms with Crippen LogP contribution in [0.4, 0.5) is 5.69 Å². The van der Waals surface area contributed by atoms with Crippen molar-refractivity contribution < 1.29 is 9.53 Å². The largest absolute Gasteiger partial charge is 0.465 e. The molecule has 2 aromatic carbocycles. The predicted octanol–water partition coefficient (Wildman–Crippen LogP) is 5.59. The number of nitrogens with one attached hydrogen (secondary N) is 1. The van der Waals surface area contributed by atoms with Gasteiger partial charge in [-0.15, -0.1) is 0 Å². The lowest BCUT2D eigenvalue weighted by Crippen LogP contribution is -2.29. The smallest absolute Gasteiger partial charge is 0.337 e. The van der Waals surface area contributed by atoms with Crippen LogP contribution in [0.1, 0.15) is 58.3 Å². The first-order valence-electron chi connectivity index (χ1n) is 8.83. The maximum atomic E-state index is 11.8. The van der Waals surface area contributed by atoms with Crippen molar-refractivity contribution in [2.24, 2.45) is 5.92 Å². The molecular formula is C21H22BrNO2. The third-order valence-electron chi connectivity index (χ3n) is 5.67. The molecule has 2 aliphatic rings. The topological polar surface area (TPSA) is 38.3 Å². The van der Waals surface area contributed by atoms with Crippen LogP contribution in [0.3, 0.4) is 0 Å². The monoisotopic (exact) mass is 399 g/mol. The van der Waals surface area contributed by atoms with Crippen LogP contribution in [0, 0.1) is 12.8 Å². The predicted molar refractivity (Wildman–Crippen MR) is 103 cm³/mol. The minimum absolute atomic E-state index is 0.267. The molecule has 0 bridgehead atoms. The lowest BCUT2D eigenvalue weighted by molar-refractivity contribution is 0.0600. The van der Waals surface area contributed by atoms with Gasteiger partial charge in [-0.1, -0.05) is 46.1 Å². The molecule has 1 fully saturated rings. The number of benzene rings is 2. The van der Waals surface area contributed by atoms with Gasteiger partial charge in [0.1, 0.15) is 0 Å². The number of anilines is 1. The molecule has 1 aliphatic carbocycles. The van der Waals surface area contributed by atoms with Crippen molar-refractivity contribution in [3.05, 3.63) is 63.1 Å². The molecule has 0 spiro atoms. The second kappa shape index (κ2) is 6.49. The molecule has 0 unspecified atom stereocenters. The second-order valence-electron chi connectivity index (χ2n) is 7.14. The molecule has 4 heteroatoms. The Morgan fingerprint density at radius 2 is 2.00 bits per heavy atom. The molecule has 0 amide bonds. The van der Waals surface area contributed by atoms with Crippen LogP contribution in [0.5, 0.6) is 0 Å². The van der Waals surface area contributed by atoms with Crippen LogP contribution in [0.15, 0.2) is 40.9 Å².